The second-order valence-corrected chi connectivity index (χ2v) is 3.49. The Balaban J connectivity index is 3.47. The number of aromatic carboxylic acids is 1. The fraction of sp³-hybridized carbons (Fsp3) is 0.250. The SMILES string of the molecule is NCc1cc(Br)nc(C(F)F)c1C(=O)O. The number of alkyl halides is 2. The number of rotatable bonds is 3. The smallest absolute Gasteiger partial charge is 0.338 e. The van der Waals surface area contributed by atoms with Crippen LogP contribution in [0.4, 0.5) is 8.78 Å². The van der Waals surface area contributed by atoms with Crippen LogP contribution in [0.25, 0.3) is 0 Å². The largest absolute Gasteiger partial charge is 0.478 e. The lowest BCUT2D eigenvalue weighted by atomic mass is 10.1. The van der Waals surface area contributed by atoms with E-state index in [0.29, 0.717) is 0 Å². The summed E-state index contributed by atoms with van der Waals surface area (Å²) in [5.41, 5.74) is 4.11. The maximum absolute atomic E-state index is 12.5. The van der Waals surface area contributed by atoms with E-state index in [0.717, 1.165) is 0 Å². The molecule has 0 saturated heterocycles. The molecule has 1 heterocycles. The molecule has 0 aliphatic heterocycles. The number of nitrogens with two attached hydrogens (primary N) is 1. The van der Waals surface area contributed by atoms with Crippen molar-refractivity contribution in [2.24, 2.45) is 5.73 Å². The van der Waals surface area contributed by atoms with Crippen LogP contribution in [-0.2, 0) is 6.54 Å². The molecular weight excluding hydrogens is 274 g/mol. The number of nitrogens with zero attached hydrogens (tertiary/aromatic N) is 1. The second kappa shape index (κ2) is 4.63. The first-order valence-corrected chi connectivity index (χ1v) is 4.67. The molecule has 0 aliphatic rings. The van der Waals surface area contributed by atoms with Gasteiger partial charge >= 0.3 is 5.97 Å². The third kappa shape index (κ3) is 2.48. The maximum Gasteiger partial charge on any atom is 0.338 e. The molecule has 3 N–H and O–H groups in total. The van der Waals surface area contributed by atoms with Gasteiger partial charge in [0.05, 0.1) is 5.56 Å². The summed E-state index contributed by atoms with van der Waals surface area (Å²) in [4.78, 5) is 14.2. The molecule has 0 amide bonds. The summed E-state index contributed by atoms with van der Waals surface area (Å²) in [6.45, 7) is -0.136. The molecule has 4 nitrogen and oxygen atoms in total. The van der Waals surface area contributed by atoms with Gasteiger partial charge in [0.2, 0.25) is 0 Å². The van der Waals surface area contributed by atoms with Gasteiger partial charge in [-0.3, -0.25) is 0 Å². The molecule has 0 saturated carbocycles. The van der Waals surface area contributed by atoms with Crippen LogP contribution in [0.1, 0.15) is 28.0 Å². The summed E-state index contributed by atoms with van der Waals surface area (Å²) < 4.78 is 25.1. The van der Waals surface area contributed by atoms with Gasteiger partial charge in [-0.1, -0.05) is 0 Å². The van der Waals surface area contributed by atoms with Crippen molar-refractivity contribution < 1.29 is 18.7 Å². The Morgan fingerprint density at radius 1 is 1.67 bits per heavy atom. The molecule has 0 spiro atoms. The van der Waals surface area contributed by atoms with E-state index in [2.05, 4.69) is 20.9 Å². The third-order valence-electron chi connectivity index (χ3n) is 1.74. The van der Waals surface area contributed by atoms with Crippen molar-refractivity contribution in [3.05, 3.63) is 27.5 Å². The van der Waals surface area contributed by atoms with Gasteiger partial charge in [-0.25, -0.2) is 18.6 Å². The number of carboxylic acids is 1. The van der Waals surface area contributed by atoms with Crippen molar-refractivity contribution in [3.8, 4) is 0 Å². The van der Waals surface area contributed by atoms with Crippen LogP contribution in [-0.4, -0.2) is 16.1 Å². The van der Waals surface area contributed by atoms with Crippen molar-refractivity contribution in [1.29, 1.82) is 0 Å². The quantitative estimate of drug-likeness (QED) is 0.830. The van der Waals surface area contributed by atoms with Gasteiger partial charge in [-0.05, 0) is 27.6 Å². The molecule has 7 heteroatoms. The molecule has 1 aromatic rings. The van der Waals surface area contributed by atoms with E-state index in [1.54, 1.807) is 0 Å². The van der Waals surface area contributed by atoms with Crippen molar-refractivity contribution in [2.45, 2.75) is 13.0 Å². The average Bonchev–Trinajstić information content (AvgIpc) is 2.15. The second-order valence-electron chi connectivity index (χ2n) is 2.67. The lowest BCUT2D eigenvalue weighted by molar-refractivity contribution is 0.0680. The van der Waals surface area contributed by atoms with Gasteiger partial charge < -0.3 is 10.8 Å². The zero-order valence-electron chi connectivity index (χ0n) is 7.38. The fourth-order valence-electron chi connectivity index (χ4n) is 1.15. The van der Waals surface area contributed by atoms with E-state index in [1.165, 1.54) is 6.07 Å². The van der Waals surface area contributed by atoms with E-state index < -0.39 is 23.7 Å². The van der Waals surface area contributed by atoms with Gasteiger partial charge in [0, 0.05) is 6.54 Å². The number of halogens is 3. The van der Waals surface area contributed by atoms with Crippen molar-refractivity contribution in [3.63, 3.8) is 0 Å². The van der Waals surface area contributed by atoms with Crippen LogP contribution in [0.15, 0.2) is 10.7 Å². The van der Waals surface area contributed by atoms with Crippen molar-refractivity contribution in [2.75, 3.05) is 0 Å². The Bertz CT molecular complexity index is 398. The molecule has 0 radical (unpaired) electrons. The van der Waals surface area contributed by atoms with Gasteiger partial charge in [0.25, 0.3) is 6.43 Å². The third-order valence-corrected chi connectivity index (χ3v) is 2.14. The summed E-state index contributed by atoms with van der Waals surface area (Å²) in [5.74, 6) is -1.45. The molecule has 0 unspecified atom stereocenters. The van der Waals surface area contributed by atoms with Crippen LogP contribution in [0, 0.1) is 0 Å². The summed E-state index contributed by atoms with van der Waals surface area (Å²) >= 11 is 2.91. The van der Waals surface area contributed by atoms with Crippen molar-refractivity contribution in [1.82, 2.24) is 4.98 Å². The molecule has 1 rings (SSSR count). The minimum Gasteiger partial charge on any atom is -0.478 e. The average molecular weight is 281 g/mol. The molecule has 0 aromatic carbocycles. The molecule has 15 heavy (non-hydrogen) atoms. The van der Waals surface area contributed by atoms with E-state index in [-0.39, 0.29) is 16.7 Å². The maximum atomic E-state index is 12.5. The van der Waals surface area contributed by atoms with E-state index in [4.69, 9.17) is 10.8 Å². The van der Waals surface area contributed by atoms with Crippen LogP contribution in [0.3, 0.4) is 0 Å². The predicted molar refractivity (Wildman–Crippen MR) is 51.7 cm³/mol. The first-order valence-electron chi connectivity index (χ1n) is 3.88. The molecule has 82 valence electrons. The van der Waals surface area contributed by atoms with Gasteiger partial charge in [-0.15, -0.1) is 0 Å². The first-order chi connectivity index (χ1) is 6.97. The highest BCUT2D eigenvalue weighted by molar-refractivity contribution is 9.10. The summed E-state index contributed by atoms with van der Waals surface area (Å²) in [7, 11) is 0. The zero-order chi connectivity index (χ0) is 11.6. The number of hydrogen-bond acceptors (Lipinski definition) is 3. The van der Waals surface area contributed by atoms with E-state index in [1.807, 2.05) is 0 Å². The van der Waals surface area contributed by atoms with Gasteiger partial charge in [0.15, 0.2) is 0 Å². The summed E-state index contributed by atoms with van der Waals surface area (Å²) in [6.07, 6.45) is -2.95. The Morgan fingerprint density at radius 3 is 2.67 bits per heavy atom. The number of carboxylic acid groups (broad SMARTS) is 1. The monoisotopic (exact) mass is 280 g/mol. The standard InChI is InChI=1S/C8H7BrF2N2O2/c9-4-1-3(2-12)5(8(14)15)6(13-4)7(10)11/h1,7H,2,12H2,(H,14,15). The normalized spacial score (nSPS) is 10.7. The van der Waals surface area contributed by atoms with Crippen LogP contribution in [0.5, 0.6) is 0 Å². The Labute approximate surface area is 92.2 Å². The van der Waals surface area contributed by atoms with E-state index in [9.17, 15) is 13.6 Å². The minimum absolute atomic E-state index is 0.125. The zero-order valence-corrected chi connectivity index (χ0v) is 8.96. The van der Waals surface area contributed by atoms with Crippen molar-refractivity contribution >= 4 is 21.9 Å². The lowest BCUT2D eigenvalue weighted by Crippen LogP contribution is -2.13. The first kappa shape index (κ1) is 12.0. The Hall–Kier alpha value is -1.08. The Morgan fingerprint density at radius 2 is 2.27 bits per heavy atom. The van der Waals surface area contributed by atoms with Crippen LogP contribution in [0.2, 0.25) is 0 Å². The van der Waals surface area contributed by atoms with E-state index >= 15 is 0 Å². The summed E-state index contributed by atoms with van der Waals surface area (Å²) in [5, 5.41) is 8.77. The topological polar surface area (TPSA) is 76.2 Å². The van der Waals surface area contributed by atoms with Gasteiger partial charge in [-0.2, -0.15) is 0 Å². The highest BCUT2D eigenvalue weighted by Gasteiger charge is 2.23. The van der Waals surface area contributed by atoms with Crippen LogP contribution >= 0.6 is 15.9 Å². The molecule has 1 aromatic heterocycles. The molecule has 0 bridgehead atoms. The highest BCUT2D eigenvalue weighted by atomic mass is 79.9. The Kier molecular flexibility index (Phi) is 3.70. The number of pyridine rings is 1. The number of aromatic nitrogens is 1. The van der Waals surface area contributed by atoms with Crippen LogP contribution < -0.4 is 5.73 Å². The predicted octanol–water partition coefficient (Wildman–Crippen LogP) is 1.94. The highest BCUT2D eigenvalue weighted by Crippen LogP contribution is 2.26. The molecular formula is C8H7BrF2N2O2. The number of carbonyl (C=O) groups is 1. The summed E-state index contributed by atoms with van der Waals surface area (Å²) in [6, 6.07) is 1.31. The number of hydrogen-bond donors (Lipinski definition) is 2. The molecule has 0 atom stereocenters. The lowest BCUT2D eigenvalue weighted by Gasteiger charge is -2.09. The molecule has 0 aliphatic carbocycles. The van der Waals surface area contributed by atoms with Gasteiger partial charge in [0.1, 0.15) is 10.3 Å². The molecule has 0 fully saturated rings. The minimum atomic E-state index is -2.95. The fourth-order valence-corrected chi connectivity index (χ4v) is 1.62.